The molecular weight excluding hydrogens is 250 g/mol. The fraction of sp³-hybridized carbons (Fsp3) is 0.647. The van der Waals surface area contributed by atoms with Crippen LogP contribution in [0.3, 0.4) is 0 Å². The normalized spacial score (nSPS) is 17.0. The van der Waals surface area contributed by atoms with E-state index in [1.807, 2.05) is 13.0 Å². The summed E-state index contributed by atoms with van der Waals surface area (Å²) < 4.78 is 11.8. The fourth-order valence-corrected chi connectivity index (χ4v) is 2.57. The van der Waals surface area contributed by atoms with Gasteiger partial charge < -0.3 is 14.8 Å². The van der Waals surface area contributed by atoms with Crippen LogP contribution in [-0.2, 0) is 4.74 Å². The Labute approximate surface area is 122 Å². The molecule has 1 aliphatic rings. The molecule has 1 aromatic rings. The number of hydrogen-bond acceptors (Lipinski definition) is 3. The topological polar surface area (TPSA) is 30.5 Å². The highest BCUT2D eigenvalue weighted by atomic mass is 16.5. The Balaban J connectivity index is 2.18. The van der Waals surface area contributed by atoms with Crippen molar-refractivity contribution < 1.29 is 9.47 Å². The van der Waals surface area contributed by atoms with E-state index in [9.17, 15) is 0 Å². The average Bonchev–Trinajstić information content (AvgIpc) is 3.20. The van der Waals surface area contributed by atoms with Crippen LogP contribution < -0.4 is 10.1 Å². The van der Waals surface area contributed by atoms with E-state index in [-0.39, 0.29) is 11.6 Å². The fourth-order valence-electron chi connectivity index (χ4n) is 2.57. The van der Waals surface area contributed by atoms with Gasteiger partial charge in [-0.25, -0.2) is 0 Å². The summed E-state index contributed by atoms with van der Waals surface area (Å²) in [5.41, 5.74) is 0.978. The van der Waals surface area contributed by atoms with Gasteiger partial charge in [-0.1, -0.05) is 19.1 Å². The van der Waals surface area contributed by atoms with Gasteiger partial charge in [0.15, 0.2) is 0 Å². The molecule has 2 rings (SSSR count). The lowest BCUT2D eigenvalue weighted by Crippen LogP contribution is -2.41. The second-order valence-electron chi connectivity index (χ2n) is 5.92. The average molecular weight is 277 g/mol. The highest BCUT2D eigenvalue weighted by Crippen LogP contribution is 2.32. The highest BCUT2D eigenvalue weighted by molar-refractivity contribution is 5.32. The number of benzene rings is 1. The van der Waals surface area contributed by atoms with Crippen molar-refractivity contribution in [3.05, 3.63) is 29.8 Å². The molecule has 1 unspecified atom stereocenters. The molecular formula is C17H27NO2. The molecule has 1 aliphatic carbocycles. The Kier molecular flexibility index (Phi) is 5.06. The van der Waals surface area contributed by atoms with Crippen molar-refractivity contribution in [3.63, 3.8) is 0 Å². The summed E-state index contributed by atoms with van der Waals surface area (Å²) in [7, 11) is 0. The van der Waals surface area contributed by atoms with Gasteiger partial charge in [-0.05, 0) is 57.9 Å². The molecule has 112 valence electrons. The monoisotopic (exact) mass is 277 g/mol. The van der Waals surface area contributed by atoms with Gasteiger partial charge in [0.05, 0.1) is 17.7 Å². The van der Waals surface area contributed by atoms with Crippen LogP contribution in [0.5, 0.6) is 5.75 Å². The minimum atomic E-state index is -0.247. The summed E-state index contributed by atoms with van der Waals surface area (Å²) in [5.74, 6) is 0.972. The van der Waals surface area contributed by atoms with Crippen molar-refractivity contribution >= 4 is 0 Å². The third kappa shape index (κ3) is 3.97. The van der Waals surface area contributed by atoms with Crippen molar-refractivity contribution in [2.45, 2.75) is 58.3 Å². The van der Waals surface area contributed by atoms with E-state index in [1.54, 1.807) is 0 Å². The molecule has 1 saturated carbocycles. The largest absolute Gasteiger partial charge is 0.490 e. The Bertz CT molecular complexity index is 427. The molecule has 1 aromatic carbocycles. The van der Waals surface area contributed by atoms with Crippen LogP contribution in [0.1, 0.15) is 52.1 Å². The summed E-state index contributed by atoms with van der Waals surface area (Å²) in [6.45, 7) is 10.1. The van der Waals surface area contributed by atoms with Crippen LogP contribution in [0.2, 0.25) is 0 Å². The Morgan fingerprint density at radius 2 is 2.05 bits per heavy atom. The van der Waals surface area contributed by atoms with E-state index in [2.05, 4.69) is 44.3 Å². The van der Waals surface area contributed by atoms with Crippen LogP contribution in [0, 0.1) is 0 Å². The van der Waals surface area contributed by atoms with E-state index < -0.39 is 0 Å². The summed E-state index contributed by atoms with van der Waals surface area (Å²) >= 11 is 0. The first-order valence-corrected chi connectivity index (χ1v) is 7.70. The third-order valence-electron chi connectivity index (χ3n) is 3.64. The molecule has 1 atom stereocenters. The summed E-state index contributed by atoms with van der Waals surface area (Å²) in [6.07, 6.45) is 2.80. The second kappa shape index (κ2) is 6.59. The molecule has 0 aliphatic heterocycles. The van der Waals surface area contributed by atoms with Crippen molar-refractivity contribution in [1.29, 1.82) is 0 Å². The maximum absolute atomic E-state index is 5.93. The van der Waals surface area contributed by atoms with Gasteiger partial charge in [0, 0.05) is 6.61 Å². The molecule has 0 spiro atoms. The summed E-state index contributed by atoms with van der Waals surface area (Å²) in [6, 6.07) is 8.56. The predicted molar refractivity (Wildman–Crippen MR) is 82.2 cm³/mol. The van der Waals surface area contributed by atoms with Gasteiger partial charge in [-0.15, -0.1) is 0 Å². The molecule has 0 aromatic heterocycles. The van der Waals surface area contributed by atoms with Crippen LogP contribution in [0.4, 0.5) is 0 Å². The van der Waals surface area contributed by atoms with Crippen molar-refractivity contribution in [3.8, 4) is 5.75 Å². The summed E-state index contributed by atoms with van der Waals surface area (Å²) in [5, 5.41) is 3.54. The lowest BCUT2D eigenvalue weighted by Gasteiger charge is -2.35. The van der Waals surface area contributed by atoms with Gasteiger partial charge in [0.25, 0.3) is 0 Å². The zero-order valence-corrected chi connectivity index (χ0v) is 13.1. The number of likely N-dealkylation sites (N-methyl/N-ethyl adjacent to an activating group) is 1. The lowest BCUT2D eigenvalue weighted by atomic mass is 9.91. The maximum Gasteiger partial charge on any atom is 0.120 e. The zero-order valence-electron chi connectivity index (χ0n) is 13.1. The maximum atomic E-state index is 5.93. The number of nitrogens with one attached hydrogen (secondary N) is 1. The highest BCUT2D eigenvalue weighted by Gasteiger charge is 2.31. The van der Waals surface area contributed by atoms with Crippen LogP contribution >= 0.6 is 0 Å². The van der Waals surface area contributed by atoms with Gasteiger partial charge in [-0.2, -0.15) is 0 Å². The zero-order chi connectivity index (χ0) is 14.6. The van der Waals surface area contributed by atoms with Crippen molar-refractivity contribution in [2.75, 3.05) is 13.2 Å². The quantitative estimate of drug-likeness (QED) is 0.786. The molecule has 0 heterocycles. The molecule has 0 bridgehead atoms. The lowest BCUT2D eigenvalue weighted by molar-refractivity contribution is -0.0389. The third-order valence-corrected chi connectivity index (χ3v) is 3.64. The molecule has 3 nitrogen and oxygen atoms in total. The number of hydrogen-bond donors (Lipinski definition) is 1. The molecule has 0 saturated heterocycles. The van der Waals surface area contributed by atoms with E-state index in [1.165, 1.54) is 18.4 Å². The van der Waals surface area contributed by atoms with Gasteiger partial charge in [0.2, 0.25) is 0 Å². The smallest absolute Gasteiger partial charge is 0.120 e. The van der Waals surface area contributed by atoms with Crippen LogP contribution in [-0.4, -0.2) is 24.9 Å². The van der Waals surface area contributed by atoms with Crippen molar-refractivity contribution in [1.82, 2.24) is 5.32 Å². The van der Waals surface area contributed by atoms with E-state index in [4.69, 9.17) is 9.47 Å². The second-order valence-corrected chi connectivity index (χ2v) is 5.92. The van der Waals surface area contributed by atoms with Crippen LogP contribution in [0.25, 0.3) is 0 Å². The van der Waals surface area contributed by atoms with E-state index >= 15 is 0 Å². The molecule has 1 N–H and O–H groups in total. The standard InChI is InChI=1S/C17H27NO2/c1-5-18-16(17(3,4)19-6-2)13-8-7-9-15(12-13)20-14-10-11-14/h7-9,12,14,16,18H,5-6,10-11H2,1-4H3. The number of ether oxygens (including phenoxy) is 2. The first kappa shape index (κ1) is 15.3. The Morgan fingerprint density at radius 3 is 2.65 bits per heavy atom. The molecule has 0 amide bonds. The van der Waals surface area contributed by atoms with E-state index in [0.717, 1.165) is 12.3 Å². The van der Waals surface area contributed by atoms with E-state index in [0.29, 0.717) is 12.7 Å². The summed E-state index contributed by atoms with van der Waals surface area (Å²) in [4.78, 5) is 0. The molecule has 0 radical (unpaired) electrons. The minimum absolute atomic E-state index is 0.162. The SMILES string of the molecule is CCNC(c1cccc(OC2CC2)c1)C(C)(C)OCC. The number of rotatable bonds is 8. The first-order chi connectivity index (χ1) is 9.56. The first-order valence-electron chi connectivity index (χ1n) is 7.70. The van der Waals surface area contributed by atoms with Crippen LogP contribution in [0.15, 0.2) is 24.3 Å². The molecule has 20 heavy (non-hydrogen) atoms. The van der Waals surface area contributed by atoms with Crippen molar-refractivity contribution in [2.24, 2.45) is 0 Å². The van der Waals surface area contributed by atoms with Gasteiger partial charge in [0.1, 0.15) is 5.75 Å². The predicted octanol–water partition coefficient (Wildman–Crippen LogP) is 3.69. The minimum Gasteiger partial charge on any atom is -0.490 e. The molecule has 3 heteroatoms. The Hall–Kier alpha value is -1.06. The van der Waals surface area contributed by atoms with Gasteiger partial charge in [-0.3, -0.25) is 0 Å². The molecule has 1 fully saturated rings. The van der Waals surface area contributed by atoms with Gasteiger partial charge >= 0.3 is 0 Å². The Morgan fingerprint density at radius 1 is 1.30 bits per heavy atom.